The van der Waals surface area contributed by atoms with Crippen LogP contribution in [0, 0.1) is 17.3 Å². The van der Waals surface area contributed by atoms with E-state index in [-0.39, 0.29) is 23.2 Å². The maximum Gasteiger partial charge on any atom is 0.223 e. The highest BCUT2D eigenvalue weighted by Gasteiger charge is 2.44. The summed E-state index contributed by atoms with van der Waals surface area (Å²) in [4.78, 5) is 12.2. The number of carbonyl (C=O) groups is 1. The maximum atomic E-state index is 12.2. The highest BCUT2D eigenvalue weighted by atomic mass is 16.3. The zero-order valence-electron chi connectivity index (χ0n) is 13.5. The monoisotopic (exact) mass is 289 g/mol. The average Bonchev–Trinajstić information content (AvgIpc) is 3.25. The molecular formula is C18H27NO2. The van der Waals surface area contributed by atoms with Gasteiger partial charge in [0.05, 0.1) is 6.10 Å². The highest BCUT2D eigenvalue weighted by Crippen LogP contribution is 2.47. The van der Waals surface area contributed by atoms with Gasteiger partial charge in [0.1, 0.15) is 0 Å². The van der Waals surface area contributed by atoms with Gasteiger partial charge in [0.2, 0.25) is 5.91 Å². The molecule has 0 bridgehead atoms. The largest absolute Gasteiger partial charge is 0.392 e. The van der Waals surface area contributed by atoms with Gasteiger partial charge >= 0.3 is 0 Å². The van der Waals surface area contributed by atoms with E-state index >= 15 is 0 Å². The van der Waals surface area contributed by atoms with Gasteiger partial charge in [0.15, 0.2) is 0 Å². The van der Waals surface area contributed by atoms with Crippen LogP contribution in [0.15, 0.2) is 30.3 Å². The van der Waals surface area contributed by atoms with Crippen LogP contribution in [0.25, 0.3) is 0 Å². The fraction of sp³-hybridized carbons (Fsp3) is 0.611. The Hall–Kier alpha value is -1.35. The molecule has 0 spiro atoms. The Balaban J connectivity index is 1.84. The molecule has 0 aromatic heterocycles. The zero-order valence-corrected chi connectivity index (χ0v) is 13.5. The van der Waals surface area contributed by atoms with E-state index in [4.69, 9.17) is 0 Å². The van der Waals surface area contributed by atoms with Gasteiger partial charge in [0.25, 0.3) is 0 Å². The van der Waals surface area contributed by atoms with Crippen LogP contribution in [-0.4, -0.2) is 23.7 Å². The Bertz CT molecular complexity index is 481. The Labute approximate surface area is 127 Å². The molecule has 3 heteroatoms. The molecule has 21 heavy (non-hydrogen) atoms. The predicted molar refractivity (Wildman–Crippen MR) is 84.9 cm³/mol. The molecule has 1 aromatic carbocycles. The Morgan fingerprint density at radius 2 is 1.95 bits per heavy atom. The fourth-order valence-electron chi connectivity index (χ4n) is 3.01. The smallest absolute Gasteiger partial charge is 0.223 e. The molecule has 116 valence electrons. The third-order valence-corrected chi connectivity index (χ3v) is 4.51. The maximum absolute atomic E-state index is 12.2. The lowest BCUT2D eigenvalue weighted by atomic mass is 9.80. The summed E-state index contributed by atoms with van der Waals surface area (Å²) < 4.78 is 0. The van der Waals surface area contributed by atoms with Crippen molar-refractivity contribution in [3.8, 4) is 0 Å². The summed E-state index contributed by atoms with van der Waals surface area (Å²) >= 11 is 0. The van der Waals surface area contributed by atoms with Crippen LogP contribution in [0.4, 0.5) is 0 Å². The number of rotatable bonds is 6. The summed E-state index contributed by atoms with van der Waals surface area (Å²) in [5.74, 6) is 0.770. The summed E-state index contributed by atoms with van der Waals surface area (Å²) in [6.07, 6.45) is 0.519. The van der Waals surface area contributed by atoms with Crippen LogP contribution in [0.2, 0.25) is 0 Å². The van der Waals surface area contributed by atoms with Crippen LogP contribution in [0.1, 0.15) is 45.6 Å². The number of nitrogens with one attached hydrogen (secondary N) is 1. The number of amides is 1. The van der Waals surface area contributed by atoms with E-state index in [1.807, 2.05) is 45.9 Å². The van der Waals surface area contributed by atoms with Crippen LogP contribution in [0.3, 0.4) is 0 Å². The van der Waals surface area contributed by atoms with E-state index in [1.165, 1.54) is 5.56 Å². The number of carbonyl (C=O) groups excluding carboxylic acids is 1. The normalized spacial score (nSPS) is 23.0. The predicted octanol–water partition coefficient (Wildman–Crippen LogP) is 2.95. The molecule has 3 nitrogen and oxygen atoms in total. The van der Waals surface area contributed by atoms with Crippen molar-refractivity contribution in [2.24, 2.45) is 17.3 Å². The van der Waals surface area contributed by atoms with Crippen molar-refractivity contribution >= 4 is 5.91 Å². The minimum atomic E-state index is -0.415. The van der Waals surface area contributed by atoms with E-state index in [2.05, 4.69) is 17.4 Å². The molecule has 1 fully saturated rings. The van der Waals surface area contributed by atoms with E-state index in [1.54, 1.807) is 0 Å². The molecule has 3 atom stereocenters. The van der Waals surface area contributed by atoms with Gasteiger partial charge in [-0.25, -0.2) is 0 Å². The van der Waals surface area contributed by atoms with Gasteiger partial charge in [-0.05, 0) is 23.8 Å². The Morgan fingerprint density at radius 1 is 1.33 bits per heavy atom. The van der Waals surface area contributed by atoms with E-state index in [0.29, 0.717) is 12.5 Å². The van der Waals surface area contributed by atoms with E-state index in [9.17, 15) is 9.90 Å². The number of aliphatic hydroxyl groups is 1. The van der Waals surface area contributed by atoms with Crippen molar-refractivity contribution in [1.29, 1.82) is 0 Å². The zero-order chi connectivity index (χ0) is 15.6. The number of hydrogen-bond acceptors (Lipinski definition) is 2. The first kappa shape index (κ1) is 16.0. The van der Waals surface area contributed by atoms with Crippen LogP contribution < -0.4 is 5.32 Å². The number of hydrogen-bond donors (Lipinski definition) is 2. The molecule has 0 heterocycles. The molecule has 3 unspecified atom stereocenters. The summed E-state index contributed by atoms with van der Waals surface area (Å²) in [6.45, 7) is 8.52. The molecule has 1 amide bonds. The van der Waals surface area contributed by atoms with E-state index < -0.39 is 6.10 Å². The molecule has 0 aliphatic heterocycles. The van der Waals surface area contributed by atoms with Gasteiger partial charge in [-0.1, -0.05) is 58.0 Å². The molecule has 1 saturated carbocycles. The first-order valence-corrected chi connectivity index (χ1v) is 7.83. The molecule has 0 saturated heterocycles. The van der Waals surface area contributed by atoms with Crippen molar-refractivity contribution in [2.45, 2.75) is 46.1 Å². The number of benzene rings is 1. The second-order valence-corrected chi connectivity index (χ2v) is 7.25. The lowest BCUT2D eigenvalue weighted by Crippen LogP contribution is -2.44. The highest BCUT2D eigenvalue weighted by molar-refractivity contribution is 5.82. The summed E-state index contributed by atoms with van der Waals surface area (Å²) in [5.41, 5.74) is 0.945. The third-order valence-electron chi connectivity index (χ3n) is 4.51. The molecule has 0 radical (unpaired) electrons. The molecular weight excluding hydrogens is 262 g/mol. The molecule has 1 aliphatic rings. The van der Waals surface area contributed by atoms with E-state index in [0.717, 1.165) is 6.42 Å². The first-order chi connectivity index (χ1) is 9.83. The van der Waals surface area contributed by atoms with Crippen LogP contribution in [0.5, 0.6) is 0 Å². The quantitative estimate of drug-likeness (QED) is 0.846. The van der Waals surface area contributed by atoms with Crippen LogP contribution in [-0.2, 0) is 4.79 Å². The summed E-state index contributed by atoms with van der Waals surface area (Å²) in [5, 5.41) is 13.2. The van der Waals surface area contributed by atoms with Gasteiger partial charge in [-0.15, -0.1) is 0 Å². The molecule has 2 N–H and O–H groups in total. The van der Waals surface area contributed by atoms with Crippen molar-refractivity contribution in [2.75, 3.05) is 6.54 Å². The average molecular weight is 289 g/mol. The lowest BCUT2D eigenvalue weighted by Gasteiger charge is -2.33. The summed E-state index contributed by atoms with van der Waals surface area (Å²) in [7, 11) is 0. The SMILES string of the molecule is CC(C)C(O)C(C)(C)CNC(=O)C1CC1c1ccccc1. The van der Waals surface area contributed by atoms with Crippen molar-refractivity contribution in [3.05, 3.63) is 35.9 Å². The van der Waals surface area contributed by atoms with Crippen molar-refractivity contribution < 1.29 is 9.90 Å². The molecule has 1 aromatic rings. The van der Waals surface area contributed by atoms with Gasteiger partial charge in [0, 0.05) is 17.9 Å². The second-order valence-electron chi connectivity index (χ2n) is 7.25. The van der Waals surface area contributed by atoms with Crippen molar-refractivity contribution in [1.82, 2.24) is 5.32 Å². The number of aliphatic hydroxyl groups excluding tert-OH is 1. The Kier molecular flexibility index (Phi) is 4.72. The Morgan fingerprint density at radius 3 is 2.52 bits per heavy atom. The summed E-state index contributed by atoms with van der Waals surface area (Å²) in [6, 6.07) is 10.2. The lowest BCUT2D eigenvalue weighted by molar-refractivity contribution is -0.123. The fourth-order valence-corrected chi connectivity index (χ4v) is 3.01. The van der Waals surface area contributed by atoms with Gasteiger partial charge in [-0.3, -0.25) is 4.79 Å². The molecule has 1 aliphatic carbocycles. The minimum Gasteiger partial charge on any atom is -0.392 e. The second kappa shape index (κ2) is 6.18. The van der Waals surface area contributed by atoms with Crippen LogP contribution >= 0.6 is 0 Å². The third kappa shape index (κ3) is 3.85. The first-order valence-electron chi connectivity index (χ1n) is 7.83. The molecule has 2 rings (SSSR count). The van der Waals surface area contributed by atoms with Crippen molar-refractivity contribution in [3.63, 3.8) is 0 Å². The van der Waals surface area contributed by atoms with Gasteiger partial charge in [-0.2, -0.15) is 0 Å². The topological polar surface area (TPSA) is 49.3 Å². The minimum absolute atomic E-state index is 0.0967. The standard InChI is InChI=1S/C18H27NO2/c1-12(2)16(20)18(3,4)11-19-17(21)15-10-14(15)13-8-6-5-7-9-13/h5-9,12,14-16,20H,10-11H2,1-4H3,(H,19,21). The van der Waals surface area contributed by atoms with Gasteiger partial charge < -0.3 is 10.4 Å².